The van der Waals surface area contributed by atoms with Crippen LogP contribution in [0.4, 0.5) is 10.5 Å². The summed E-state index contributed by atoms with van der Waals surface area (Å²) in [6.07, 6.45) is 16.0. The van der Waals surface area contributed by atoms with Gasteiger partial charge in [-0.1, -0.05) is 88.7 Å². The number of nitrogens with one attached hydrogen (secondary N) is 1. The number of hydrogen-bond donors (Lipinski definition) is 1. The van der Waals surface area contributed by atoms with Gasteiger partial charge in [0.1, 0.15) is 6.10 Å². The van der Waals surface area contributed by atoms with Crippen molar-refractivity contribution in [2.75, 3.05) is 5.32 Å². The first-order valence-corrected chi connectivity index (χ1v) is 16.4. The van der Waals surface area contributed by atoms with Crippen LogP contribution in [0.25, 0.3) is 0 Å². The summed E-state index contributed by atoms with van der Waals surface area (Å²) in [5.41, 5.74) is 2.92. The molecule has 3 fully saturated rings. The van der Waals surface area contributed by atoms with E-state index in [0.717, 1.165) is 54.8 Å². The van der Waals surface area contributed by atoms with Crippen LogP contribution in [0.15, 0.2) is 29.8 Å². The predicted octanol–water partition coefficient (Wildman–Crippen LogP) is 11.0. The van der Waals surface area contributed by atoms with Gasteiger partial charge in [0.15, 0.2) is 0 Å². The van der Waals surface area contributed by atoms with E-state index in [4.69, 9.17) is 27.9 Å². The molecule has 0 aliphatic heterocycles. The summed E-state index contributed by atoms with van der Waals surface area (Å²) in [6, 6.07) is 5.09. The molecule has 0 aromatic heterocycles. The second kappa shape index (κ2) is 11.6. The lowest BCUT2D eigenvalue weighted by Crippen LogP contribution is -2.51. The van der Waals surface area contributed by atoms with Crippen LogP contribution in [0.2, 0.25) is 10.0 Å². The van der Waals surface area contributed by atoms with Crippen LogP contribution >= 0.6 is 23.2 Å². The highest BCUT2D eigenvalue weighted by molar-refractivity contribution is 6.42. The molecule has 0 saturated heterocycles. The van der Waals surface area contributed by atoms with Gasteiger partial charge in [-0.2, -0.15) is 0 Å². The largest absolute Gasteiger partial charge is 0.446 e. The fourth-order valence-corrected chi connectivity index (χ4v) is 9.92. The van der Waals surface area contributed by atoms with Crippen molar-refractivity contribution in [1.29, 1.82) is 0 Å². The molecule has 1 aromatic rings. The summed E-state index contributed by atoms with van der Waals surface area (Å²) in [6.45, 7) is 12.5. The zero-order valence-electron chi connectivity index (χ0n) is 24.7. The summed E-state index contributed by atoms with van der Waals surface area (Å²) >= 11 is 12.1. The van der Waals surface area contributed by atoms with Crippen molar-refractivity contribution in [2.45, 2.75) is 111 Å². The molecule has 4 aliphatic rings. The van der Waals surface area contributed by atoms with Gasteiger partial charge >= 0.3 is 6.09 Å². The molecule has 4 aliphatic carbocycles. The third kappa shape index (κ3) is 5.78. The topological polar surface area (TPSA) is 38.3 Å². The van der Waals surface area contributed by atoms with E-state index >= 15 is 0 Å². The number of carbonyl (C=O) groups excluding carboxylic acids is 1. The van der Waals surface area contributed by atoms with E-state index in [2.05, 4.69) is 46.0 Å². The normalized spacial score (nSPS) is 36.4. The van der Waals surface area contributed by atoms with Gasteiger partial charge in [0.05, 0.1) is 10.0 Å². The smallest absolute Gasteiger partial charge is 0.411 e. The Morgan fingerprint density at radius 3 is 2.56 bits per heavy atom. The van der Waals surface area contributed by atoms with E-state index in [9.17, 15) is 4.79 Å². The predicted molar refractivity (Wildman–Crippen MR) is 163 cm³/mol. The molecule has 0 spiro atoms. The summed E-state index contributed by atoms with van der Waals surface area (Å²) in [5, 5.41) is 3.71. The van der Waals surface area contributed by atoms with E-state index in [-0.39, 0.29) is 11.5 Å². The van der Waals surface area contributed by atoms with E-state index in [0.29, 0.717) is 21.1 Å². The van der Waals surface area contributed by atoms with Crippen LogP contribution in [0.3, 0.4) is 0 Å². The summed E-state index contributed by atoms with van der Waals surface area (Å²) < 4.78 is 5.90. The molecule has 39 heavy (non-hydrogen) atoms. The Hall–Kier alpha value is -1.19. The molecular formula is C34H49Cl2NO2. The Labute approximate surface area is 246 Å². The maximum Gasteiger partial charge on any atom is 0.411 e. The van der Waals surface area contributed by atoms with Crippen molar-refractivity contribution in [2.24, 2.45) is 46.3 Å². The monoisotopic (exact) mass is 573 g/mol. The van der Waals surface area contributed by atoms with Gasteiger partial charge in [0, 0.05) is 12.1 Å². The molecule has 216 valence electrons. The average molecular weight is 575 g/mol. The molecule has 1 N–H and O–H groups in total. The van der Waals surface area contributed by atoms with Crippen molar-refractivity contribution in [3.63, 3.8) is 0 Å². The van der Waals surface area contributed by atoms with Gasteiger partial charge < -0.3 is 4.74 Å². The molecule has 8 atom stereocenters. The molecule has 0 heterocycles. The van der Waals surface area contributed by atoms with Crippen LogP contribution in [0.1, 0.15) is 105 Å². The zero-order chi connectivity index (χ0) is 27.9. The molecular weight excluding hydrogens is 525 g/mol. The van der Waals surface area contributed by atoms with Crippen molar-refractivity contribution < 1.29 is 9.53 Å². The number of fused-ring (bicyclic) bond motifs is 5. The number of hydrogen-bond acceptors (Lipinski definition) is 2. The summed E-state index contributed by atoms with van der Waals surface area (Å²) in [4.78, 5) is 12.7. The molecule has 0 bridgehead atoms. The lowest BCUT2D eigenvalue weighted by Gasteiger charge is -2.58. The average Bonchev–Trinajstić information content (AvgIpc) is 3.23. The quantitative estimate of drug-likeness (QED) is 0.329. The minimum absolute atomic E-state index is 0.0694. The second-order valence-electron chi connectivity index (χ2n) is 14.3. The number of amides is 1. The van der Waals surface area contributed by atoms with Gasteiger partial charge in [-0.15, -0.1) is 0 Å². The maximum atomic E-state index is 12.7. The van der Waals surface area contributed by atoms with Gasteiger partial charge in [-0.3, -0.25) is 5.32 Å². The van der Waals surface area contributed by atoms with Crippen molar-refractivity contribution >= 4 is 35.0 Å². The minimum Gasteiger partial charge on any atom is -0.446 e. The first-order valence-electron chi connectivity index (χ1n) is 15.6. The molecule has 5 rings (SSSR count). The van der Waals surface area contributed by atoms with Gasteiger partial charge in [0.2, 0.25) is 0 Å². The minimum atomic E-state index is -0.413. The fourth-order valence-electron chi connectivity index (χ4n) is 9.63. The second-order valence-corrected chi connectivity index (χ2v) is 15.1. The van der Waals surface area contributed by atoms with E-state index < -0.39 is 6.09 Å². The van der Waals surface area contributed by atoms with Crippen molar-refractivity contribution in [3.05, 3.63) is 39.9 Å². The van der Waals surface area contributed by atoms with Gasteiger partial charge in [0.25, 0.3) is 0 Å². The molecule has 3 saturated carbocycles. The lowest BCUT2D eigenvalue weighted by atomic mass is 9.47. The molecule has 1 amide bonds. The maximum absolute atomic E-state index is 12.7. The lowest BCUT2D eigenvalue weighted by molar-refractivity contribution is -0.0577. The Bertz CT molecular complexity index is 1080. The molecule has 0 unspecified atom stereocenters. The number of carbonyl (C=O) groups is 1. The highest BCUT2D eigenvalue weighted by Crippen LogP contribution is 2.67. The molecule has 1 aromatic carbocycles. The van der Waals surface area contributed by atoms with Crippen LogP contribution in [0, 0.1) is 46.3 Å². The third-order valence-corrected chi connectivity index (χ3v) is 12.4. The SMILES string of the molecule is CC(C)CCC[C@@H](C)[C@H]1CC[C@@H]2[C@H]3CC=C4C[C@@H](OC(=O)Nc5ccc(Cl)c(Cl)c5)CC[C@]4(C)[C@H]3CC[C@@]21C. The number of ether oxygens (including phenoxy) is 1. The summed E-state index contributed by atoms with van der Waals surface area (Å²) in [5.74, 6) is 5.03. The molecule has 3 nitrogen and oxygen atoms in total. The molecule has 5 heteroatoms. The number of rotatable bonds is 7. The Kier molecular flexibility index (Phi) is 8.71. The highest BCUT2D eigenvalue weighted by Gasteiger charge is 2.59. The Morgan fingerprint density at radius 2 is 1.82 bits per heavy atom. The standard InChI is InChI=1S/C34H49Cl2NO2/c1-21(2)7-6-8-22(3)27-12-13-28-26-11-9-23-19-25(15-17-33(23,4)29(26)16-18-34(27,28)5)39-32(38)37-24-10-14-30(35)31(36)20-24/h9-10,14,20-22,25-29H,6-8,11-13,15-19H2,1-5H3,(H,37,38)/t22-,25+,26-,27-,28-,29+,33+,34-/m1/s1. The Balaban J connectivity index is 1.21. The first kappa shape index (κ1) is 29.3. The Morgan fingerprint density at radius 1 is 1.03 bits per heavy atom. The van der Waals surface area contributed by atoms with E-state index in [1.807, 2.05) is 0 Å². The van der Waals surface area contributed by atoms with Crippen molar-refractivity contribution in [3.8, 4) is 0 Å². The van der Waals surface area contributed by atoms with Crippen molar-refractivity contribution in [1.82, 2.24) is 0 Å². The fraction of sp³-hybridized carbons (Fsp3) is 0.735. The zero-order valence-corrected chi connectivity index (χ0v) is 26.2. The third-order valence-electron chi connectivity index (χ3n) is 11.7. The first-order chi connectivity index (χ1) is 18.5. The van der Waals surface area contributed by atoms with E-state index in [1.54, 1.807) is 23.8 Å². The number of halogens is 2. The number of benzene rings is 1. The van der Waals surface area contributed by atoms with Gasteiger partial charge in [-0.05, 0) is 109 Å². The van der Waals surface area contributed by atoms with Gasteiger partial charge in [-0.25, -0.2) is 4.79 Å². The van der Waals surface area contributed by atoms with E-state index in [1.165, 1.54) is 51.4 Å². The number of allylic oxidation sites excluding steroid dienone is 1. The van der Waals surface area contributed by atoms with Crippen LogP contribution in [-0.2, 0) is 4.74 Å². The number of anilines is 1. The summed E-state index contributed by atoms with van der Waals surface area (Å²) in [7, 11) is 0. The van der Waals surface area contributed by atoms with Crippen LogP contribution < -0.4 is 5.32 Å². The molecule has 0 radical (unpaired) electrons. The highest BCUT2D eigenvalue weighted by atomic mass is 35.5. The van der Waals surface area contributed by atoms with Crippen LogP contribution in [0.5, 0.6) is 0 Å². The van der Waals surface area contributed by atoms with Crippen LogP contribution in [-0.4, -0.2) is 12.2 Å².